The molecule has 1 aliphatic carbocycles. The van der Waals surface area contributed by atoms with Crippen molar-refractivity contribution in [3.63, 3.8) is 0 Å². The summed E-state index contributed by atoms with van der Waals surface area (Å²) < 4.78 is 5.62. The second-order valence-corrected chi connectivity index (χ2v) is 7.19. The molecule has 2 rings (SSSR count). The molecule has 1 aliphatic heterocycles. The Hall–Kier alpha value is -0.120. The molecular weight excluding hydrogens is 224 g/mol. The van der Waals surface area contributed by atoms with E-state index in [-0.39, 0.29) is 5.54 Å². The Kier molecular flexibility index (Phi) is 4.35. The van der Waals surface area contributed by atoms with Crippen LogP contribution >= 0.6 is 0 Å². The number of nitrogens with zero attached hydrogens (tertiary/aromatic N) is 1. The molecule has 1 saturated heterocycles. The molecule has 2 aliphatic rings. The zero-order chi connectivity index (χ0) is 13.2. The highest BCUT2D eigenvalue weighted by atomic mass is 16.5. The first-order chi connectivity index (χ1) is 8.47. The highest BCUT2D eigenvalue weighted by Crippen LogP contribution is 2.40. The molecule has 2 atom stereocenters. The topological polar surface area (TPSA) is 38.5 Å². The van der Waals surface area contributed by atoms with Gasteiger partial charge >= 0.3 is 0 Å². The van der Waals surface area contributed by atoms with Gasteiger partial charge < -0.3 is 10.5 Å². The van der Waals surface area contributed by atoms with Gasteiger partial charge in [-0.25, -0.2) is 0 Å². The maximum Gasteiger partial charge on any atom is 0.0645 e. The second kappa shape index (κ2) is 5.48. The summed E-state index contributed by atoms with van der Waals surface area (Å²) in [5, 5.41) is 0. The van der Waals surface area contributed by atoms with Crippen LogP contribution in [0.2, 0.25) is 0 Å². The van der Waals surface area contributed by atoms with Crippen molar-refractivity contribution in [1.82, 2.24) is 4.90 Å². The highest BCUT2D eigenvalue weighted by Gasteiger charge is 2.40. The Labute approximate surface area is 112 Å². The van der Waals surface area contributed by atoms with Crippen LogP contribution in [0.4, 0.5) is 0 Å². The van der Waals surface area contributed by atoms with Crippen molar-refractivity contribution in [3.05, 3.63) is 0 Å². The number of ether oxygens (including phenoxy) is 1. The lowest BCUT2D eigenvalue weighted by molar-refractivity contribution is -0.0738. The Balaban J connectivity index is 2.04. The number of rotatable bonds is 3. The summed E-state index contributed by atoms with van der Waals surface area (Å²) in [4.78, 5) is 2.61. The normalized spacial score (nSPS) is 37.7. The van der Waals surface area contributed by atoms with Crippen LogP contribution in [0.25, 0.3) is 0 Å². The molecule has 0 bridgehead atoms. The number of hydrogen-bond donors (Lipinski definition) is 1. The standard InChI is InChI=1S/C15H30N2O/c1-13-5-4-6-15(9-13,10-16)11-17-7-8-18-12-14(17,2)3/h13H,4-12,16H2,1-3H3. The Morgan fingerprint density at radius 1 is 1.39 bits per heavy atom. The van der Waals surface area contributed by atoms with Crippen molar-refractivity contribution >= 4 is 0 Å². The van der Waals surface area contributed by atoms with E-state index in [2.05, 4.69) is 25.7 Å². The van der Waals surface area contributed by atoms with Crippen LogP contribution in [-0.4, -0.2) is 43.3 Å². The monoisotopic (exact) mass is 254 g/mol. The molecule has 1 saturated carbocycles. The third-order valence-corrected chi connectivity index (χ3v) is 4.96. The van der Waals surface area contributed by atoms with Gasteiger partial charge in [-0.05, 0) is 44.6 Å². The first kappa shape index (κ1) is 14.3. The lowest BCUT2D eigenvalue weighted by atomic mass is 9.69. The predicted molar refractivity (Wildman–Crippen MR) is 75.6 cm³/mol. The molecule has 0 aromatic heterocycles. The Bertz CT molecular complexity index is 280. The van der Waals surface area contributed by atoms with Gasteiger partial charge in [-0.15, -0.1) is 0 Å². The molecule has 0 amide bonds. The van der Waals surface area contributed by atoms with E-state index in [1.807, 2.05) is 0 Å². The van der Waals surface area contributed by atoms with Gasteiger partial charge in [-0.1, -0.05) is 19.8 Å². The molecule has 3 nitrogen and oxygen atoms in total. The zero-order valence-corrected chi connectivity index (χ0v) is 12.4. The maximum absolute atomic E-state index is 6.15. The number of morpholine rings is 1. The molecule has 3 heteroatoms. The van der Waals surface area contributed by atoms with Gasteiger partial charge in [0.25, 0.3) is 0 Å². The van der Waals surface area contributed by atoms with E-state index >= 15 is 0 Å². The van der Waals surface area contributed by atoms with Gasteiger partial charge in [0.15, 0.2) is 0 Å². The first-order valence-electron chi connectivity index (χ1n) is 7.50. The summed E-state index contributed by atoms with van der Waals surface area (Å²) in [6, 6.07) is 0. The van der Waals surface area contributed by atoms with Crippen LogP contribution in [0.3, 0.4) is 0 Å². The van der Waals surface area contributed by atoms with Crippen molar-refractivity contribution in [2.45, 2.75) is 52.0 Å². The van der Waals surface area contributed by atoms with Gasteiger partial charge in [0.2, 0.25) is 0 Å². The molecule has 106 valence electrons. The van der Waals surface area contributed by atoms with Crippen molar-refractivity contribution in [2.24, 2.45) is 17.1 Å². The lowest BCUT2D eigenvalue weighted by Gasteiger charge is -2.49. The number of hydrogen-bond acceptors (Lipinski definition) is 3. The molecule has 0 radical (unpaired) electrons. The zero-order valence-electron chi connectivity index (χ0n) is 12.4. The molecule has 1 heterocycles. The molecular formula is C15H30N2O. The van der Waals surface area contributed by atoms with Crippen LogP contribution < -0.4 is 5.73 Å². The van der Waals surface area contributed by atoms with E-state index in [0.717, 1.165) is 38.8 Å². The van der Waals surface area contributed by atoms with E-state index in [0.29, 0.717) is 5.41 Å². The van der Waals surface area contributed by atoms with Gasteiger partial charge in [-0.2, -0.15) is 0 Å². The largest absolute Gasteiger partial charge is 0.378 e. The van der Waals surface area contributed by atoms with Crippen molar-refractivity contribution in [2.75, 3.05) is 32.8 Å². The lowest BCUT2D eigenvalue weighted by Crippen LogP contribution is -2.57. The minimum Gasteiger partial charge on any atom is -0.378 e. The van der Waals surface area contributed by atoms with Crippen LogP contribution in [0, 0.1) is 11.3 Å². The van der Waals surface area contributed by atoms with E-state index in [1.54, 1.807) is 0 Å². The predicted octanol–water partition coefficient (Wildman–Crippen LogP) is 2.25. The fourth-order valence-electron chi connectivity index (χ4n) is 3.75. The molecule has 0 spiro atoms. The molecule has 2 N–H and O–H groups in total. The average molecular weight is 254 g/mol. The minimum absolute atomic E-state index is 0.168. The summed E-state index contributed by atoms with van der Waals surface area (Å²) in [6.07, 6.45) is 5.34. The van der Waals surface area contributed by atoms with E-state index in [1.165, 1.54) is 25.7 Å². The summed E-state index contributed by atoms with van der Waals surface area (Å²) in [7, 11) is 0. The molecule has 0 aromatic rings. The van der Waals surface area contributed by atoms with Gasteiger partial charge in [-0.3, -0.25) is 4.90 Å². The van der Waals surface area contributed by atoms with Crippen LogP contribution in [-0.2, 0) is 4.74 Å². The minimum atomic E-state index is 0.168. The van der Waals surface area contributed by atoms with Crippen molar-refractivity contribution in [1.29, 1.82) is 0 Å². The highest BCUT2D eigenvalue weighted by molar-refractivity contribution is 4.94. The third kappa shape index (κ3) is 3.06. The van der Waals surface area contributed by atoms with Crippen molar-refractivity contribution in [3.8, 4) is 0 Å². The van der Waals surface area contributed by atoms with E-state index in [4.69, 9.17) is 10.5 Å². The quantitative estimate of drug-likeness (QED) is 0.839. The van der Waals surface area contributed by atoms with Gasteiger partial charge in [0.05, 0.1) is 13.2 Å². The number of nitrogens with two attached hydrogens (primary N) is 1. The van der Waals surface area contributed by atoms with Gasteiger partial charge in [0.1, 0.15) is 0 Å². The van der Waals surface area contributed by atoms with E-state index < -0.39 is 0 Å². The smallest absolute Gasteiger partial charge is 0.0645 e. The fraction of sp³-hybridized carbons (Fsp3) is 1.00. The van der Waals surface area contributed by atoms with Crippen LogP contribution in [0.15, 0.2) is 0 Å². The third-order valence-electron chi connectivity index (χ3n) is 4.96. The van der Waals surface area contributed by atoms with E-state index in [9.17, 15) is 0 Å². The molecule has 18 heavy (non-hydrogen) atoms. The summed E-state index contributed by atoms with van der Waals surface area (Å²) in [5.41, 5.74) is 6.67. The van der Waals surface area contributed by atoms with Crippen LogP contribution in [0.1, 0.15) is 46.5 Å². The molecule has 2 unspecified atom stereocenters. The SMILES string of the molecule is CC1CCCC(CN)(CN2CCOCC2(C)C)C1. The average Bonchev–Trinajstić information content (AvgIpc) is 2.32. The summed E-state index contributed by atoms with van der Waals surface area (Å²) in [5.74, 6) is 0.839. The Morgan fingerprint density at radius 3 is 2.78 bits per heavy atom. The van der Waals surface area contributed by atoms with Crippen LogP contribution in [0.5, 0.6) is 0 Å². The van der Waals surface area contributed by atoms with Gasteiger partial charge in [0, 0.05) is 18.6 Å². The molecule has 2 fully saturated rings. The first-order valence-corrected chi connectivity index (χ1v) is 7.50. The van der Waals surface area contributed by atoms with Crippen molar-refractivity contribution < 1.29 is 4.74 Å². The fourth-order valence-corrected chi connectivity index (χ4v) is 3.75. The summed E-state index contributed by atoms with van der Waals surface area (Å²) in [6.45, 7) is 11.8. The summed E-state index contributed by atoms with van der Waals surface area (Å²) >= 11 is 0. The second-order valence-electron chi connectivity index (χ2n) is 7.19. The molecule has 0 aromatic carbocycles. The Morgan fingerprint density at radius 2 is 2.17 bits per heavy atom. The maximum atomic E-state index is 6.15.